The quantitative estimate of drug-likeness (QED) is 0.317. The van der Waals surface area contributed by atoms with Crippen molar-refractivity contribution < 1.29 is 33.4 Å². The number of nitrogens with one attached hydrogen (secondary N) is 1. The van der Waals surface area contributed by atoms with Gasteiger partial charge >= 0.3 is 12.1 Å². The second-order valence-electron chi connectivity index (χ2n) is 9.38. The first kappa shape index (κ1) is 27.2. The first-order chi connectivity index (χ1) is 19.4. The maximum atomic E-state index is 15.1. The molecule has 210 valence electrons. The Balaban J connectivity index is 1.16. The number of aliphatic carboxylic acids is 1. The SMILES string of the molecule is CN(CCOC[C@@H]1C=C(c2ccc(-c3ccc(N4C[C@H](Cn5ccnn5)OC4=O)cc3F)cn2)NO1)CC(=O)O. The summed E-state index contributed by atoms with van der Waals surface area (Å²) in [6, 6.07) is 8.09. The number of carbonyl (C=O) groups is 2. The van der Waals surface area contributed by atoms with Crippen LogP contribution >= 0.6 is 0 Å². The van der Waals surface area contributed by atoms with Gasteiger partial charge in [0.25, 0.3) is 0 Å². The van der Waals surface area contributed by atoms with Crippen molar-refractivity contribution in [1.82, 2.24) is 30.4 Å². The van der Waals surface area contributed by atoms with Gasteiger partial charge in [0.1, 0.15) is 18.0 Å². The molecule has 1 amide bonds. The number of carboxylic acid groups (broad SMARTS) is 1. The Bertz CT molecular complexity index is 1370. The smallest absolute Gasteiger partial charge is 0.414 e. The van der Waals surface area contributed by atoms with Crippen LogP contribution in [0, 0.1) is 5.82 Å². The number of pyridine rings is 1. The van der Waals surface area contributed by atoms with Gasteiger partial charge in [-0.15, -0.1) is 5.10 Å². The zero-order chi connectivity index (χ0) is 28.1. The molecule has 0 radical (unpaired) electrons. The van der Waals surface area contributed by atoms with Crippen LogP contribution in [0.4, 0.5) is 14.9 Å². The van der Waals surface area contributed by atoms with E-state index >= 15 is 4.39 Å². The van der Waals surface area contributed by atoms with Crippen LogP contribution in [-0.4, -0.2) is 94.2 Å². The summed E-state index contributed by atoms with van der Waals surface area (Å²) in [6.07, 6.45) is 5.32. The van der Waals surface area contributed by atoms with Crippen LogP contribution in [0.3, 0.4) is 0 Å². The molecule has 4 heterocycles. The fourth-order valence-corrected chi connectivity index (χ4v) is 4.33. The molecule has 40 heavy (non-hydrogen) atoms. The van der Waals surface area contributed by atoms with Gasteiger partial charge in [-0.2, -0.15) is 0 Å². The molecule has 1 fully saturated rings. The fraction of sp³-hybridized carbons (Fsp3) is 0.346. The Hall–Kier alpha value is -4.40. The predicted molar refractivity (Wildman–Crippen MR) is 139 cm³/mol. The zero-order valence-corrected chi connectivity index (χ0v) is 21.6. The largest absolute Gasteiger partial charge is 0.480 e. The third-order valence-corrected chi connectivity index (χ3v) is 6.33. The zero-order valence-electron chi connectivity index (χ0n) is 21.6. The summed E-state index contributed by atoms with van der Waals surface area (Å²) in [5.41, 5.74) is 5.42. The van der Waals surface area contributed by atoms with Crippen LogP contribution in [0.2, 0.25) is 0 Å². The molecule has 0 spiro atoms. The number of cyclic esters (lactones) is 1. The Morgan fingerprint density at radius 2 is 2.20 bits per heavy atom. The van der Waals surface area contributed by atoms with Crippen molar-refractivity contribution >= 4 is 23.4 Å². The Morgan fingerprint density at radius 1 is 1.32 bits per heavy atom. The van der Waals surface area contributed by atoms with Gasteiger partial charge < -0.3 is 14.6 Å². The molecule has 3 aromatic rings. The van der Waals surface area contributed by atoms with Crippen LogP contribution in [0.1, 0.15) is 5.69 Å². The van der Waals surface area contributed by atoms with Gasteiger partial charge in [-0.25, -0.2) is 13.9 Å². The van der Waals surface area contributed by atoms with Gasteiger partial charge in [-0.1, -0.05) is 11.3 Å². The lowest BCUT2D eigenvalue weighted by Gasteiger charge is -2.14. The van der Waals surface area contributed by atoms with E-state index in [1.807, 2.05) is 6.08 Å². The summed E-state index contributed by atoms with van der Waals surface area (Å²) >= 11 is 0. The van der Waals surface area contributed by atoms with E-state index < -0.39 is 24.0 Å². The van der Waals surface area contributed by atoms with Crippen LogP contribution in [0.5, 0.6) is 0 Å². The number of amides is 1. The van der Waals surface area contributed by atoms with Gasteiger partial charge in [0, 0.05) is 30.1 Å². The average Bonchev–Trinajstić information content (AvgIpc) is 3.69. The molecule has 1 aromatic carbocycles. The highest BCUT2D eigenvalue weighted by atomic mass is 19.1. The molecule has 2 N–H and O–H groups in total. The van der Waals surface area contributed by atoms with Crippen LogP contribution < -0.4 is 10.4 Å². The number of carbonyl (C=O) groups excluding carboxylic acids is 1. The summed E-state index contributed by atoms with van der Waals surface area (Å²) in [5, 5.41) is 16.4. The topological polar surface area (TPSA) is 144 Å². The second kappa shape index (κ2) is 12.2. The highest BCUT2D eigenvalue weighted by Gasteiger charge is 2.33. The molecule has 0 aliphatic carbocycles. The first-order valence-corrected chi connectivity index (χ1v) is 12.6. The molecule has 2 aliphatic heterocycles. The number of carboxylic acids is 1. The number of anilines is 1. The van der Waals surface area contributed by atoms with Gasteiger partial charge in [-0.05, 0) is 37.4 Å². The summed E-state index contributed by atoms with van der Waals surface area (Å²) in [6.45, 7) is 1.72. The molecule has 5 rings (SSSR count). The van der Waals surface area contributed by atoms with E-state index in [4.69, 9.17) is 19.4 Å². The average molecular weight is 554 g/mol. The summed E-state index contributed by atoms with van der Waals surface area (Å²) in [5.74, 6) is -1.38. The minimum absolute atomic E-state index is 0.0518. The van der Waals surface area contributed by atoms with Gasteiger partial charge in [0.15, 0.2) is 0 Å². The Morgan fingerprint density at radius 3 is 2.92 bits per heavy atom. The lowest BCUT2D eigenvalue weighted by Crippen LogP contribution is -2.30. The summed E-state index contributed by atoms with van der Waals surface area (Å²) in [4.78, 5) is 36.1. The van der Waals surface area contributed by atoms with Gasteiger partial charge in [0.2, 0.25) is 0 Å². The number of rotatable bonds is 12. The maximum Gasteiger partial charge on any atom is 0.414 e. The molecule has 0 saturated carbocycles. The number of hydrogen-bond acceptors (Lipinski definition) is 10. The van der Waals surface area contributed by atoms with Gasteiger partial charge in [-0.3, -0.25) is 29.9 Å². The molecular weight excluding hydrogens is 525 g/mol. The number of nitrogens with zero attached hydrogens (tertiary/aromatic N) is 6. The Labute approximate surface area is 228 Å². The van der Waals surface area contributed by atoms with Crippen molar-refractivity contribution in [3.8, 4) is 11.1 Å². The lowest BCUT2D eigenvalue weighted by molar-refractivity contribution is -0.138. The molecule has 2 aliphatic rings. The third kappa shape index (κ3) is 6.59. The number of halogens is 1. The predicted octanol–water partition coefficient (Wildman–Crippen LogP) is 1.78. The highest BCUT2D eigenvalue weighted by Crippen LogP contribution is 2.30. The van der Waals surface area contributed by atoms with E-state index in [0.29, 0.717) is 54.5 Å². The minimum atomic E-state index is -0.889. The number of hydroxylamine groups is 1. The van der Waals surface area contributed by atoms with Crippen LogP contribution in [0.15, 0.2) is 55.0 Å². The van der Waals surface area contributed by atoms with E-state index in [9.17, 15) is 9.59 Å². The second-order valence-corrected chi connectivity index (χ2v) is 9.38. The van der Waals surface area contributed by atoms with Crippen molar-refractivity contribution in [3.05, 3.63) is 66.5 Å². The van der Waals surface area contributed by atoms with Crippen molar-refractivity contribution in [2.24, 2.45) is 0 Å². The molecule has 2 aromatic heterocycles. The van der Waals surface area contributed by atoms with E-state index in [0.717, 1.165) is 0 Å². The third-order valence-electron chi connectivity index (χ3n) is 6.33. The number of hydrogen-bond donors (Lipinski definition) is 2. The van der Waals surface area contributed by atoms with Crippen LogP contribution in [-0.2, 0) is 25.7 Å². The van der Waals surface area contributed by atoms with Crippen molar-refractivity contribution in [3.63, 3.8) is 0 Å². The lowest BCUT2D eigenvalue weighted by atomic mass is 10.1. The molecular formula is C26H28FN7O6. The number of aromatic nitrogens is 4. The molecule has 2 atom stereocenters. The molecule has 0 unspecified atom stereocenters. The Kier molecular flexibility index (Phi) is 8.28. The van der Waals surface area contributed by atoms with Gasteiger partial charge in [0.05, 0.1) is 56.1 Å². The normalized spacial score (nSPS) is 18.6. The van der Waals surface area contributed by atoms with E-state index in [-0.39, 0.29) is 19.2 Å². The first-order valence-electron chi connectivity index (χ1n) is 12.6. The standard InChI is InChI=1S/C26H28FN7O6/c1-32(15-25(35)36)8-9-38-16-19-11-24(30-40-19)23-5-2-17(12-28-23)21-4-3-18(10-22(21)27)34-14-20(39-26(34)37)13-33-7-6-29-31-33/h2-7,10-12,19-20,30H,8-9,13-16H2,1H3,(H,35,36)/t19-,20-/m0/s1. The summed E-state index contributed by atoms with van der Waals surface area (Å²) < 4.78 is 27.7. The fourth-order valence-electron chi connectivity index (χ4n) is 4.33. The van der Waals surface area contributed by atoms with Crippen molar-refractivity contribution in [1.29, 1.82) is 0 Å². The van der Waals surface area contributed by atoms with Crippen molar-refractivity contribution in [2.45, 2.75) is 18.8 Å². The van der Waals surface area contributed by atoms with E-state index in [1.165, 1.54) is 11.0 Å². The number of likely N-dealkylation sites (N-methyl/N-ethyl adjacent to an activating group) is 1. The monoisotopic (exact) mass is 553 g/mol. The molecule has 0 bridgehead atoms. The number of ether oxygens (including phenoxy) is 2. The van der Waals surface area contributed by atoms with Crippen LogP contribution in [0.25, 0.3) is 16.8 Å². The molecule has 1 saturated heterocycles. The molecule has 13 nitrogen and oxygen atoms in total. The van der Waals surface area contributed by atoms with E-state index in [2.05, 4.69) is 20.8 Å². The highest BCUT2D eigenvalue weighted by molar-refractivity contribution is 5.90. The number of benzene rings is 1. The maximum absolute atomic E-state index is 15.1. The van der Waals surface area contributed by atoms with Crippen molar-refractivity contribution in [2.75, 3.05) is 44.8 Å². The minimum Gasteiger partial charge on any atom is -0.480 e. The van der Waals surface area contributed by atoms with E-state index in [1.54, 1.807) is 59.5 Å². The molecule has 14 heteroatoms. The summed E-state index contributed by atoms with van der Waals surface area (Å²) in [7, 11) is 1.71.